The quantitative estimate of drug-likeness (QED) is 0.639. The predicted molar refractivity (Wildman–Crippen MR) is 115 cm³/mol. The monoisotopic (exact) mass is 433 g/mol. The number of benzene rings is 1. The number of aromatic nitrogens is 2. The fraction of sp³-hybridized carbons (Fsp3) is 0.211. The van der Waals surface area contributed by atoms with Crippen LogP contribution in [0.4, 0.5) is 15.6 Å². The van der Waals surface area contributed by atoms with Gasteiger partial charge in [0, 0.05) is 43.3 Å². The molecule has 1 aliphatic rings. The van der Waals surface area contributed by atoms with E-state index in [9.17, 15) is 4.79 Å². The van der Waals surface area contributed by atoms with E-state index < -0.39 is 0 Å². The molecule has 0 bridgehead atoms. The van der Waals surface area contributed by atoms with Gasteiger partial charge in [-0.05, 0) is 18.2 Å². The van der Waals surface area contributed by atoms with Crippen molar-refractivity contribution >= 4 is 51.4 Å². The van der Waals surface area contributed by atoms with Crippen molar-refractivity contribution in [3.05, 3.63) is 58.2 Å². The molecule has 4 rings (SSSR count). The van der Waals surface area contributed by atoms with Crippen LogP contribution in [-0.4, -0.2) is 47.1 Å². The van der Waals surface area contributed by atoms with Gasteiger partial charge in [-0.1, -0.05) is 35.3 Å². The zero-order valence-electron chi connectivity index (χ0n) is 14.8. The van der Waals surface area contributed by atoms with E-state index in [4.69, 9.17) is 28.2 Å². The number of hydrogen-bond donors (Lipinski definition) is 1. The van der Waals surface area contributed by atoms with Crippen molar-refractivity contribution in [2.75, 3.05) is 36.4 Å². The van der Waals surface area contributed by atoms with Crippen molar-refractivity contribution in [1.82, 2.24) is 14.9 Å². The van der Waals surface area contributed by atoms with E-state index in [0.29, 0.717) is 28.8 Å². The number of nitrogens with zero attached hydrogens (tertiary/aromatic N) is 4. The summed E-state index contributed by atoms with van der Waals surface area (Å²) >= 11 is 14.0. The molecule has 3 heterocycles. The molecule has 2 aromatic heterocycles. The molecule has 28 heavy (non-hydrogen) atoms. The molecule has 0 spiro atoms. The highest BCUT2D eigenvalue weighted by molar-refractivity contribution is 7.14. The zero-order chi connectivity index (χ0) is 19.5. The molecule has 144 valence electrons. The Morgan fingerprint density at radius 1 is 1.11 bits per heavy atom. The first kappa shape index (κ1) is 19.0. The van der Waals surface area contributed by atoms with Crippen LogP contribution in [0.15, 0.2) is 48.1 Å². The van der Waals surface area contributed by atoms with Crippen LogP contribution in [0.25, 0.3) is 11.3 Å². The predicted octanol–water partition coefficient (Wildman–Crippen LogP) is 4.87. The van der Waals surface area contributed by atoms with Crippen molar-refractivity contribution in [3.8, 4) is 11.3 Å². The Kier molecular flexibility index (Phi) is 5.66. The highest BCUT2D eigenvalue weighted by Gasteiger charge is 2.23. The molecular weight excluding hydrogens is 417 g/mol. The van der Waals surface area contributed by atoms with E-state index >= 15 is 0 Å². The summed E-state index contributed by atoms with van der Waals surface area (Å²) in [5.41, 5.74) is 2.33. The van der Waals surface area contributed by atoms with E-state index in [1.807, 2.05) is 23.6 Å². The minimum absolute atomic E-state index is 0.113. The second-order valence-electron chi connectivity index (χ2n) is 6.26. The Bertz CT molecular complexity index is 973. The second kappa shape index (κ2) is 8.34. The number of carbonyl (C=O) groups excluding carboxylic acids is 1. The minimum Gasteiger partial charge on any atom is -0.345 e. The number of nitrogens with one attached hydrogen (secondary N) is 1. The molecule has 0 radical (unpaired) electrons. The molecule has 0 atom stereocenters. The van der Waals surface area contributed by atoms with E-state index in [-0.39, 0.29) is 6.03 Å². The summed E-state index contributed by atoms with van der Waals surface area (Å²) in [5.74, 6) is 0. The van der Waals surface area contributed by atoms with Crippen molar-refractivity contribution in [2.24, 2.45) is 0 Å². The molecule has 2 amide bonds. The summed E-state index contributed by atoms with van der Waals surface area (Å²) < 4.78 is 0. The van der Waals surface area contributed by atoms with Gasteiger partial charge in [-0.25, -0.2) is 9.78 Å². The van der Waals surface area contributed by atoms with E-state index in [2.05, 4.69) is 15.2 Å². The Hall–Kier alpha value is -2.35. The van der Waals surface area contributed by atoms with E-state index in [1.54, 1.807) is 40.8 Å². The van der Waals surface area contributed by atoms with Gasteiger partial charge in [0.05, 0.1) is 27.6 Å². The first-order valence-electron chi connectivity index (χ1n) is 8.72. The van der Waals surface area contributed by atoms with Crippen LogP contribution in [0.5, 0.6) is 0 Å². The maximum Gasteiger partial charge on any atom is 0.322 e. The number of rotatable bonds is 3. The molecule has 0 saturated carbocycles. The number of thiazole rings is 1. The van der Waals surface area contributed by atoms with Crippen LogP contribution >= 0.6 is 34.5 Å². The van der Waals surface area contributed by atoms with Crippen molar-refractivity contribution in [1.29, 1.82) is 0 Å². The van der Waals surface area contributed by atoms with Gasteiger partial charge in [-0.2, -0.15) is 0 Å². The van der Waals surface area contributed by atoms with E-state index in [1.165, 1.54) is 0 Å². The molecule has 1 N–H and O–H groups in total. The lowest BCUT2D eigenvalue weighted by Crippen LogP contribution is -2.50. The molecule has 0 unspecified atom stereocenters. The summed E-state index contributed by atoms with van der Waals surface area (Å²) in [6.45, 7) is 2.69. The minimum atomic E-state index is -0.113. The third-order valence-electron chi connectivity index (χ3n) is 4.47. The second-order valence-corrected chi connectivity index (χ2v) is 7.88. The molecule has 3 aromatic rings. The molecule has 0 aliphatic carbocycles. The Labute approximate surface area is 176 Å². The smallest absolute Gasteiger partial charge is 0.322 e. The number of anilines is 2. The molecule has 6 nitrogen and oxygen atoms in total. The largest absolute Gasteiger partial charge is 0.345 e. The summed E-state index contributed by atoms with van der Waals surface area (Å²) in [5, 5.41) is 6.79. The lowest BCUT2D eigenvalue weighted by atomic mass is 10.2. The first-order valence-corrected chi connectivity index (χ1v) is 10.4. The standard InChI is InChI=1S/C19H17Cl2N5OS/c20-15-5-1-4-14(17(15)21)16-12-28-19(24-16)26-9-7-25(8-10-26)18(27)23-13-3-2-6-22-11-13/h1-6,11-12H,7-10H2,(H,23,27). The number of piperazine rings is 1. The van der Waals surface area contributed by atoms with Gasteiger partial charge in [0.2, 0.25) is 0 Å². The van der Waals surface area contributed by atoms with E-state index in [0.717, 1.165) is 29.5 Å². The van der Waals surface area contributed by atoms with Crippen molar-refractivity contribution < 1.29 is 4.79 Å². The lowest BCUT2D eigenvalue weighted by Gasteiger charge is -2.34. The fourth-order valence-corrected chi connectivity index (χ4v) is 4.25. The lowest BCUT2D eigenvalue weighted by molar-refractivity contribution is 0.208. The number of hydrogen-bond acceptors (Lipinski definition) is 5. The van der Waals surface area contributed by atoms with Crippen molar-refractivity contribution in [3.63, 3.8) is 0 Å². The average Bonchev–Trinajstić information content (AvgIpc) is 3.21. The Morgan fingerprint density at radius 3 is 2.68 bits per heavy atom. The number of amides is 2. The van der Waals surface area contributed by atoms with Crippen LogP contribution in [-0.2, 0) is 0 Å². The molecule has 1 aliphatic heterocycles. The molecule has 1 aromatic carbocycles. The zero-order valence-corrected chi connectivity index (χ0v) is 17.1. The highest BCUT2D eigenvalue weighted by atomic mass is 35.5. The third-order valence-corrected chi connectivity index (χ3v) is 6.19. The van der Waals surface area contributed by atoms with Gasteiger partial charge in [-0.15, -0.1) is 11.3 Å². The van der Waals surface area contributed by atoms with Crippen LogP contribution < -0.4 is 10.2 Å². The number of urea groups is 1. The van der Waals surface area contributed by atoms with Gasteiger partial charge in [0.1, 0.15) is 0 Å². The van der Waals surface area contributed by atoms with Gasteiger partial charge in [0.25, 0.3) is 0 Å². The highest BCUT2D eigenvalue weighted by Crippen LogP contribution is 2.35. The normalized spacial score (nSPS) is 14.2. The number of pyridine rings is 1. The summed E-state index contributed by atoms with van der Waals surface area (Å²) in [4.78, 5) is 25.1. The van der Waals surface area contributed by atoms with Crippen LogP contribution in [0, 0.1) is 0 Å². The molecule has 1 fully saturated rings. The van der Waals surface area contributed by atoms with Crippen LogP contribution in [0.2, 0.25) is 10.0 Å². The SMILES string of the molecule is O=C(Nc1cccnc1)N1CCN(c2nc(-c3cccc(Cl)c3Cl)cs2)CC1. The fourth-order valence-electron chi connectivity index (χ4n) is 2.97. The van der Waals surface area contributed by atoms with Gasteiger partial charge < -0.3 is 15.1 Å². The maximum atomic E-state index is 12.4. The topological polar surface area (TPSA) is 61.4 Å². The van der Waals surface area contributed by atoms with Crippen LogP contribution in [0.3, 0.4) is 0 Å². The molecular formula is C19H17Cl2N5OS. The average molecular weight is 434 g/mol. The Balaban J connectivity index is 1.38. The summed E-state index contributed by atoms with van der Waals surface area (Å²) in [6, 6.07) is 9.03. The molecule has 1 saturated heterocycles. The third kappa shape index (κ3) is 4.06. The Morgan fingerprint density at radius 2 is 1.93 bits per heavy atom. The first-order chi connectivity index (χ1) is 13.6. The number of carbonyl (C=O) groups is 1. The molecule has 9 heteroatoms. The van der Waals surface area contributed by atoms with Gasteiger partial charge in [0.15, 0.2) is 5.13 Å². The summed E-state index contributed by atoms with van der Waals surface area (Å²) in [6.07, 6.45) is 3.31. The van der Waals surface area contributed by atoms with Gasteiger partial charge in [-0.3, -0.25) is 4.98 Å². The number of halogens is 2. The van der Waals surface area contributed by atoms with Crippen molar-refractivity contribution in [2.45, 2.75) is 0 Å². The summed E-state index contributed by atoms with van der Waals surface area (Å²) in [7, 11) is 0. The van der Waals surface area contributed by atoms with Gasteiger partial charge >= 0.3 is 6.03 Å². The van der Waals surface area contributed by atoms with Crippen LogP contribution in [0.1, 0.15) is 0 Å². The maximum absolute atomic E-state index is 12.4.